The largest absolute Gasteiger partial charge is 0.468 e. The van der Waals surface area contributed by atoms with Crippen LogP contribution in [0.3, 0.4) is 0 Å². The number of hydrogen-bond donors (Lipinski definition) is 2. The van der Waals surface area contributed by atoms with Gasteiger partial charge in [0.15, 0.2) is 5.96 Å². The van der Waals surface area contributed by atoms with Crippen LogP contribution in [0.2, 0.25) is 0 Å². The molecule has 2 unspecified atom stereocenters. The summed E-state index contributed by atoms with van der Waals surface area (Å²) >= 11 is 0. The fourth-order valence-corrected chi connectivity index (χ4v) is 2.95. The number of halogens is 3. The summed E-state index contributed by atoms with van der Waals surface area (Å²) in [4.78, 5) is 7.61. The normalized spacial score (nSPS) is 20.9. The van der Waals surface area contributed by atoms with Crippen LogP contribution < -0.4 is 10.6 Å². The van der Waals surface area contributed by atoms with Crippen molar-refractivity contribution in [3.63, 3.8) is 0 Å². The van der Waals surface area contributed by atoms with Gasteiger partial charge in [-0.05, 0) is 32.6 Å². The van der Waals surface area contributed by atoms with E-state index in [0.29, 0.717) is 32.0 Å². The molecule has 0 aliphatic carbocycles. The smallest absolute Gasteiger partial charge is 0.401 e. The Balaban J connectivity index is 1.83. The van der Waals surface area contributed by atoms with Crippen LogP contribution in [-0.2, 0) is 0 Å². The van der Waals surface area contributed by atoms with Gasteiger partial charge in [-0.2, -0.15) is 13.2 Å². The van der Waals surface area contributed by atoms with Gasteiger partial charge in [0.2, 0.25) is 0 Å². The number of likely N-dealkylation sites (tertiary alicyclic amines) is 1. The number of aliphatic imine (C=N–C) groups is 1. The molecule has 142 valence electrons. The Hall–Kier alpha value is -1.74. The lowest BCUT2D eigenvalue weighted by Crippen LogP contribution is -2.47. The van der Waals surface area contributed by atoms with Crippen molar-refractivity contribution in [3.05, 3.63) is 24.2 Å². The second-order valence-electron chi connectivity index (χ2n) is 6.43. The molecule has 2 atom stereocenters. The van der Waals surface area contributed by atoms with Gasteiger partial charge in [0.1, 0.15) is 5.76 Å². The molecule has 0 bridgehead atoms. The van der Waals surface area contributed by atoms with Crippen molar-refractivity contribution in [2.45, 2.75) is 24.7 Å². The van der Waals surface area contributed by atoms with Crippen LogP contribution in [0.15, 0.2) is 27.8 Å². The lowest BCUT2D eigenvalue weighted by molar-refractivity contribution is -0.143. The second-order valence-corrected chi connectivity index (χ2v) is 6.43. The number of alkyl halides is 3. The molecule has 9 heteroatoms. The third kappa shape index (κ3) is 6.24. The number of hydrogen-bond acceptors (Lipinski definition) is 4. The third-order valence-corrected chi connectivity index (χ3v) is 4.20. The van der Waals surface area contributed by atoms with E-state index >= 15 is 0 Å². The van der Waals surface area contributed by atoms with E-state index in [2.05, 4.69) is 15.6 Å². The van der Waals surface area contributed by atoms with Crippen molar-refractivity contribution < 1.29 is 17.6 Å². The van der Waals surface area contributed by atoms with Crippen LogP contribution in [0, 0.1) is 0 Å². The van der Waals surface area contributed by atoms with E-state index in [1.807, 2.05) is 31.1 Å². The van der Waals surface area contributed by atoms with Gasteiger partial charge in [-0.25, -0.2) is 0 Å². The van der Waals surface area contributed by atoms with Gasteiger partial charge in [-0.3, -0.25) is 14.8 Å². The standard InChI is InChI=1S/C16H26F3N5O/c1-20-15(21-9-13(23(2)3)14-5-4-8-25-14)22-12-6-7-24(10-12)11-16(17,18)19/h4-5,8,12-13H,6-7,9-11H2,1-3H3,(H2,20,21,22). The van der Waals surface area contributed by atoms with Crippen LogP contribution in [0.25, 0.3) is 0 Å². The molecular formula is C16H26F3N5O. The first kappa shape index (κ1) is 19.6. The highest BCUT2D eigenvalue weighted by Crippen LogP contribution is 2.20. The maximum absolute atomic E-state index is 12.5. The predicted octanol–water partition coefficient (Wildman–Crippen LogP) is 1.68. The molecule has 2 heterocycles. The van der Waals surface area contributed by atoms with Crippen molar-refractivity contribution in [1.82, 2.24) is 20.4 Å². The average molecular weight is 361 g/mol. The number of guanidine groups is 1. The van der Waals surface area contributed by atoms with Crippen molar-refractivity contribution in [2.24, 2.45) is 4.99 Å². The van der Waals surface area contributed by atoms with Gasteiger partial charge in [-0.15, -0.1) is 0 Å². The maximum atomic E-state index is 12.5. The van der Waals surface area contributed by atoms with Gasteiger partial charge in [0.25, 0.3) is 0 Å². The van der Waals surface area contributed by atoms with Crippen molar-refractivity contribution >= 4 is 5.96 Å². The Morgan fingerprint density at radius 3 is 2.80 bits per heavy atom. The minimum Gasteiger partial charge on any atom is -0.468 e. The zero-order chi connectivity index (χ0) is 18.4. The molecule has 2 rings (SSSR count). The van der Waals surface area contributed by atoms with Crippen LogP contribution in [0.4, 0.5) is 13.2 Å². The average Bonchev–Trinajstić information content (AvgIpc) is 3.16. The summed E-state index contributed by atoms with van der Waals surface area (Å²) in [7, 11) is 5.56. The molecule has 1 aliphatic heterocycles. The highest BCUT2D eigenvalue weighted by Gasteiger charge is 2.34. The molecule has 1 aliphatic rings. The lowest BCUT2D eigenvalue weighted by atomic mass is 10.2. The highest BCUT2D eigenvalue weighted by atomic mass is 19.4. The van der Waals surface area contributed by atoms with Gasteiger partial charge in [0, 0.05) is 32.7 Å². The molecule has 6 nitrogen and oxygen atoms in total. The summed E-state index contributed by atoms with van der Waals surface area (Å²) in [6, 6.07) is 3.73. The molecule has 0 amide bonds. The maximum Gasteiger partial charge on any atom is 0.401 e. The van der Waals surface area contributed by atoms with Crippen LogP contribution in [0.5, 0.6) is 0 Å². The Morgan fingerprint density at radius 2 is 2.24 bits per heavy atom. The summed E-state index contributed by atoms with van der Waals surface area (Å²) < 4.78 is 42.9. The van der Waals surface area contributed by atoms with E-state index in [9.17, 15) is 13.2 Å². The van der Waals surface area contributed by atoms with Crippen LogP contribution in [-0.4, -0.2) is 75.3 Å². The van der Waals surface area contributed by atoms with Crippen molar-refractivity contribution in [2.75, 3.05) is 47.3 Å². The molecular weight excluding hydrogens is 335 g/mol. The number of nitrogens with one attached hydrogen (secondary N) is 2. The van der Waals surface area contributed by atoms with E-state index in [0.717, 1.165) is 5.76 Å². The first-order chi connectivity index (χ1) is 11.8. The van der Waals surface area contributed by atoms with E-state index in [1.54, 1.807) is 13.3 Å². The van der Waals surface area contributed by atoms with Gasteiger partial charge >= 0.3 is 6.18 Å². The highest BCUT2D eigenvalue weighted by molar-refractivity contribution is 5.80. The number of nitrogens with zero attached hydrogens (tertiary/aromatic N) is 3. The summed E-state index contributed by atoms with van der Waals surface area (Å²) in [5.41, 5.74) is 0. The van der Waals surface area contributed by atoms with E-state index in [1.165, 1.54) is 4.90 Å². The van der Waals surface area contributed by atoms with E-state index < -0.39 is 12.7 Å². The number of rotatable bonds is 6. The van der Waals surface area contributed by atoms with Crippen molar-refractivity contribution in [3.8, 4) is 0 Å². The third-order valence-electron chi connectivity index (χ3n) is 4.20. The predicted molar refractivity (Wildman–Crippen MR) is 90.5 cm³/mol. The fourth-order valence-electron chi connectivity index (χ4n) is 2.95. The molecule has 0 saturated carbocycles. The van der Waals surface area contributed by atoms with Crippen LogP contribution in [0.1, 0.15) is 18.2 Å². The summed E-state index contributed by atoms with van der Waals surface area (Å²) in [6.07, 6.45) is -1.87. The quantitative estimate of drug-likeness (QED) is 0.597. The molecule has 1 fully saturated rings. The first-order valence-corrected chi connectivity index (χ1v) is 8.24. The van der Waals surface area contributed by atoms with Crippen molar-refractivity contribution in [1.29, 1.82) is 0 Å². The lowest BCUT2D eigenvalue weighted by Gasteiger charge is -2.25. The molecule has 0 aromatic carbocycles. The zero-order valence-electron chi connectivity index (χ0n) is 14.8. The first-order valence-electron chi connectivity index (χ1n) is 8.24. The number of furan rings is 1. The fraction of sp³-hybridized carbons (Fsp3) is 0.688. The monoisotopic (exact) mass is 361 g/mol. The molecule has 0 radical (unpaired) electrons. The summed E-state index contributed by atoms with van der Waals surface area (Å²) in [6.45, 7) is 0.494. The van der Waals surface area contributed by atoms with E-state index in [4.69, 9.17) is 4.42 Å². The SMILES string of the molecule is CN=C(NCC(c1ccco1)N(C)C)NC1CCN(CC(F)(F)F)C1. The molecule has 2 N–H and O–H groups in total. The van der Waals surface area contributed by atoms with Gasteiger partial charge < -0.3 is 15.1 Å². The molecule has 1 aromatic heterocycles. The Kier molecular flexibility index (Phi) is 6.71. The zero-order valence-corrected chi connectivity index (χ0v) is 14.8. The van der Waals surface area contributed by atoms with Crippen LogP contribution >= 0.6 is 0 Å². The Bertz CT molecular complexity index is 544. The molecule has 1 aromatic rings. The molecule has 25 heavy (non-hydrogen) atoms. The van der Waals surface area contributed by atoms with Gasteiger partial charge in [0.05, 0.1) is 18.8 Å². The minimum absolute atomic E-state index is 0.0267. The number of likely N-dealkylation sites (N-methyl/N-ethyl adjacent to an activating group) is 1. The minimum atomic E-state index is -4.16. The Labute approximate surface area is 146 Å². The Morgan fingerprint density at radius 1 is 1.48 bits per heavy atom. The van der Waals surface area contributed by atoms with Gasteiger partial charge in [-0.1, -0.05) is 0 Å². The molecule has 1 saturated heterocycles. The summed E-state index contributed by atoms with van der Waals surface area (Å²) in [5.74, 6) is 1.42. The topological polar surface area (TPSA) is 56.0 Å². The van der Waals surface area contributed by atoms with E-state index in [-0.39, 0.29) is 12.1 Å². The second kappa shape index (κ2) is 8.57. The summed E-state index contributed by atoms with van der Waals surface area (Å²) in [5, 5.41) is 6.43. The molecule has 0 spiro atoms.